The van der Waals surface area contributed by atoms with Crippen LogP contribution in [0.1, 0.15) is 16.7 Å². The van der Waals surface area contributed by atoms with Crippen molar-refractivity contribution in [3.8, 4) is 11.8 Å². The lowest BCUT2D eigenvalue weighted by atomic mass is 10.2. The molecule has 0 atom stereocenters. The SMILES string of the molecule is Cc1cccc(/C=N\NC(=O)COc2ccc(C#N)cc2)c1. The molecule has 0 radical (unpaired) electrons. The molecule has 0 aliphatic heterocycles. The maximum absolute atomic E-state index is 11.6. The summed E-state index contributed by atoms with van der Waals surface area (Å²) in [4.78, 5) is 11.6. The molecule has 0 saturated carbocycles. The molecule has 5 nitrogen and oxygen atoms in total. The highest BCUT2D eigenvalue weighted by Crippen LogP contribution is 2.11. The minimum Gasteiger partial charge on any atom is -0.484 e. The van der Waals surface area contributed by atoms with E-state index in [0.717, 1.165) is 11.1 Å². The number of carbonyl (C=O) groups excluding carboxylic acids is 1. The first-order valence-electron chi connectivity index (χ1n) is 6.69. The van der Waals surface area contributed by atoms with Crippen LogP contribution in [0.4, 0.5) is 0 Å². The fraction of sp³-hybridized carbons (Fsp3) is 0.118. The molecule has 2 rings (SSSR count). The van der Waals surface area contributed by atoms with E-state index in [-0.39, 0.29) is 12.5 Å². The molecule has 0 bridgehead atoms. The normalized spacial score (nSPS) is 10.2. The van der Waals surface area contributed by atoms with Crippen molar-refractivity contribution >= 4 is 12.1 Å². The number of rotatable bonds is 5. The van der Waals surface area contributed by atoms with Crippen molar-refractivity contribution in [2.45, 2.75) is 6.92 Å². The highest BCUT2D eigenvalue weighted by Gasteiger charge is 2.01. The van der Waals surface area contributed by atoms with Gasteiger partial charge in [-0.1, -0.05) is 29.8 Å². The van der Waals surface area contributed by atoms with Gasteiger partial charge in [-0.05, 0) is 36.8 Å². The summed E-state index contributed by atoms with van der Waals surface area (Å²) >= 11 is 0. The summed E-state index contributed by atoms with van der Waals surface area (Å²) in [5, 5.41) is 12.6. The lowest BCUT2D eigenvalue weighted by molar-refractivity contribution is -0.123. The van der Waals surface area contributed by atoms with Crippen LogP contribution in [0.25, 0.3) is 0 Å². The van der Waals surface area contributed by atoms with Gasteiger partial charge in [-0.25, -0.2) is 5.43 Å². The van der Waals surface area contributed by atoms with Gasteiger partial charge < -0.3 is 4.74 Å². The second-order valence-corrected chi connectivity index (χ2v) is 4.63. The molecule has 0 unspecified atom stereocenters. The van der Waals surface area contributed by atoms with Crippen LogP contribution < -0.4 is 10.2 Å². The van der Waals surface area contributed by atoms with Crippen molar-refractivity contribution in [2.24, 2.45) is 5.10 Å². The molecule has 1 N–H and O–H groups in total. The lowest BCUT2D eigenvalue weighted by Gasteiger charge is -2.04. The number of ether oxygens (including phenoxy) is 1. The predicted octanol–water partition coefficient (Wildman–Crippen LogP) is 2.40. The predicted molar refractivity (Wildman–Crippen MR) is 83.6 cm³/mol. The van der Waals surface area contributed by atoms with Crippen molar-refractivity contribution in [2.75, 3.05) is 6.61 Å². The third-order valence-electron chi connectivity index (χ3n) is 2.80. The molecule has 1 amide bonds. The Kier molecular flexibility index (Phi) is 5.27. The summed E-state index contributed by atoms with van der Waals surface area (Å²) in [7, 11) is 0. The van der Waals surface area contributed by atoms with Gasteiger partial charge in [0.1, 0.15) is 5.75 Å². The van der Waals surface area contributed by atoms with Crippen LogP contribution >= 0.6 is 0 Å². The summed E-state index contributed by atoms with van der Waals surface area (Å²) in [6.45, 7) is 1.85. The van der Waals surface area contributed by atoms with Gasteiger partial charge in [-0.15, -0.1) is 0 Å². The maximum atomic E-state index is 11.6. The number of amides is 1. The quantitative estimate of drug-likeness (QED) is 0.679. The Morgan fingerprint density at radius 2 is 2.09 bits per heavy atom. The van der Waals surface area contributed by atoms with Gasteiger partial charge in [0.25, 0.3) is 5.91 Å². The molecule has 2 aromatic rings. The Morgan fingerprint density at radius 1 is 1.32 bits per heavy atom. The van der Waals surface area contributed by atoms with Crippen molar-refractivity contribution in [3.05, 3.63) is 65.2 Å². The molecular formula is C17H15N3O2. The zero-order valence-corrected chi connectivity index (χ0v) is 12.1. The van der Waals surface area contributed by atoms with E-state index in [1.807, 2.05) is 37.3 Å². The van der Waals surface area contributed by atoms with Gasteiger partial charge in [0.15, 0.2) is 6.61 Å². The van der Waals surface area contributed by atoms with Crippen LogP contribution in [0, 0.1) is 18.3 Å². The summed E-state index contributed by atoms with van der Waals surface area (Å²) in [6.07, 6.45) is 1.58. The molecule has 110 valence electrons. The first-order valence-corrected chi connectivity index (χ1v) is 6.69. The van der Waals surface area contributed by atoms with E-state index in [4.69, 9.17) is 10.00 Å². The van der Waals surface area contributed by atoms with Crippen LogP contribution in [-0.2, 0) is 4.79 Å². The largest absolute Gasteiger partial charge is 0.484 e. The molecular weight excluding hydrogens is 278 g/mol. The van der Waals surface area contributed by atoms with Gasteiger partial charge in [-0.3, -0.25) is 4.79 Å². The average molecular weight is 293 g/mol. The number of hydrogen-bond acceptors (Lipinski definition) is 4. The smallest absolute Gasteiger partial charge is 0.277 e. The number of aryl methyl sites for hydroxylation is 1. The van der Waals surface area contributed by atoms with Crippen LogP contribution in [-0.4, -0.2) is 18.7 Å². The van der Waals surface area contributed by atoms with Crippen molar-refractivity contribution < 1.29 is 9.53 Å². The molecule has 0 fully saturated rings. The Labute approximate surface area is 128 Å². The number of nitrogens with one attached hydrogen (secondary N) is 1. The zero-order valence-electron chi connectivity index (χ0n) is 12.1. The lowest BCUT2D eigenvalue weighted by Crippen LogP contribution is -2.24. The van der Waals surface area contributed by atoms with E-state index in [2.05, 4.69) is 10.5 Å². The van der Waals surface area contributed by atoms with Gasteiger partial charge >= 0.3 is 0 Å². The molecule has 0 aliphatic carbocycles. The Bertz CT molecular complexity index is 715. The van der Waals surface area contributed by atoms with Crippen LogP contribution in [0.3, 0.4) is 0 Å². The molecule has 0 saturated heterocycles. The third kappa shape index (κ3) is 4.76. The number of benzene rings is 2. The summed E-state index contributed by atoms with van der Waals surface area (Å²) in [5.41, 5.74) is 4.97. The van der Waals surface area contributed by atoms with Crippen molar-refractivity contribution in [3.63, 3.8) is 0 Å². The molecule has 0 aromatic heterocycles. The van der Waals surface area contributed by atoms with Gasteiger partial charge in [0.2, 0.25) is 0 Å². The summed E-state index contributed by atoms with van der Waals surface area (Å²) < 4.78 is 5.29. The fourth-order valence-corrected chi connectivity index (χ4v) is 1.74. The minimum atomic E-state index is -0.353. The first kappa shape index (κ1) is 15.3. The molecule has 2 aromatic carbocycles. The van der Waals surface area contributed by atoms with E-state index in [0.29, 0.717) is 11.3 Å². The van der Waals surface area contributed by atoms with Gasteiger partial charge in [0.05, 0.1) is 17.8 Å². The monoisotopic (exact) mass is 293 g/mol. The van der Waals surface area contributed by atoms with Crippen molar-refractivity contribution in [1.29, 1.82) is 5.26 Å². The Morgan fingerprint density at radius 3 is 2.77 bits per heavy atom. The Hall–Kier alpha value is -3.13. The van der Waals surface area contributed by atoms with Gasteiger partial charge in [-0.2, -0.15) is 10.4 Å². The second kappa shape index (κ2) is 7.60. The number of carbonyl (C=O) groups is 1. The molecule has 22 heavy (non-hydrogen) atoms. The third-order valence-corrected chi connectivity index (χ3v) is 2.80. The van der Waals surface area contributed by atoms with Crippen LogP contribution in [0.5, 0.6) is 5.75 Å². The first-order chi connectivity index (χ1) is 10.7. The summed E-state index contributed by atoms with van der Waals surface area (Å²) in [5.74, 6) is 0.171. The second-order valence-electron chi connectivity index (χ2n) is 4.63. The minimum absolute atomic E-state index is 0.142. The zero-order chi connectivity index (χ0) is 15.8. The number of hydrogen-bond donors (Lipinski definition) is 1. The van der Waals surface area contributed by atoms with E-state index in [9.17, 15) is 4.79 Å². The Balaban J connectivity index is 1.79. The molecule has 0 heterocycles. The summed E-state index contributed by atoms with van der Waals surface area (Å²) in [6, 6.07) is 16.3. The highest BCUT2D eigenvalue weighted by molar-refractivity contribution is 5.83. The molecule has 0 spiro atoms. The van der Waals surface area contributed by atoms with E-state index >= 15 is 0 Å². The van der Waals surface area contributed by atoms with E-state index in [1.165, 1.54) is 0 Å². The average Bonchev–Trinajstić information content (AvgIpc) is 2.53. The van der Waals surface area contributed by atoms with Gasteiger partial charge in [0, 0.05) is 0 Å². The maximum Gasteiger partial charge on any atom is 0.277 e. The van der Waals surface area contributed by atoms with E-state index < -0.39 is 0 Å². The molecule has 0 aliphatic rings. The van der Waals surface area contributed by atoms with Crippen molar-refractivity contribution in [1.82, 2.24) is 5.43 Å². The van der Waals surface area contributed by atoms with E-state index in [1.54, 1.807) is 30.5 Å². The number of hydrazone groups is 1. The standard InChI is InChI=1S/C17H15N3O2/c1-13-3-2-4-15(9-13)11-19-20-17(21)12-22-16-7-5-14(10-18)6-8-16/h2-9,11H,12H2,1H3,(H,20,21)/b19-11-. The highest BCUT2D eigenvalue weighted by atomic mass is 16.5. The van der Waals surface area contributed by atoms with Crippen LogP contribution in [0.15, 0.2) is 53.6 Å². The topological polar surface area (TPSA) is 74.5 Å². The number of nitriles is 1. The fourth-order valence-electron chi connectivity index (χ4n) is 1.74. The number of nitrogens with zero attached hydrogens (tertiary/aromatic N) is 2. The van der Waals surface area contributed by atoms with Crippen LogP contribution in [0.2, 0.25) is 0 Å². The molecule has 5 heteroatoms.